The number of nitrogens with one attached hydrogen (secondary N) is 1. The van der Waals surface area contributed by atoms with Gasteiger partial charge in [-0.2, -0.15) is 4.68 Å². The second-order valence-electron chi connectivity index (χ2n) is 2.85. The van der Waals surface area contributed by atoms with Crippen LogP contribution in [0.15, 0.2) is 36.5 Å². The number of H-pyrrole nitrogens is 1. The lowest BCUT2D eigenvalue weighted by Crippen LogP contribution is -2.30. The molecule has 0 aliphatic carbocycles. The van der Waals surface area contributed by atoms with Gasteiger partial charge in [0.2, 0.25) is 0 Å². The molecule has 1 aromatic carbocycles. The number of aromatic amines is 1. The van der Waals surface area contributed by atoms with Crippen LogP contribution in [0, 0.1) is 4.64 Å². The van der Waals surface area contributed by atoms with Crippen molar-refractivity contribution < 1.29 is 4.68 Å². The zero-order valence-electron chi connectivity index (χ0n) is 7.27. The van der Waals surface area contributed by atoms with Crippen LogP contribution in [0.2, 0.25) is 0 Å². The fourth-order valence-electron chi connectivity index (χ4n) is 1.22. The molecule has 0 unspecified atom stereocenters. The minimum Gasteiger partial charge on any atom is -0.168 e. The monoisotopic (exact) mass is 192 g/mol. The molecule has 2 aromatic rings. The van der Waals surface area contributed by atoms with Crippen LogP contribution < -0.4 is 4.68 Å². The number of benzene rings is 1. The SMILES string of the molecule is C[n+]1cc(=S)n(-c2ccccc2)[nH]1. The Morgan fingerprint density at radius 3 is 2.54 bits per heavy atom. The summed E-state index contributed by atoms with van der Waals surface area (Å²) in [5.41, 5.74) is 1.05. The molecule has 0 saturated carbocycles. The highest BCUT2D eigenvalue weighted by Crippen LogP contribution is 2.03. The van der Waals surface area contributed by atoms with Crippen molar-refractivity contribution in [2.24, 2.45) is 7.05 Å². The van der Waals surface area contributed by atoms with Gasteiger partial charge in [0.25, 0.3) is 4.64 Å². The Balaban J connectivity index is 2.59. The maximum Gasteiger partial charge on any atom is 0.258 e. The molecule has 0 saturated heterocycles. The summed E-state index contributed by atoms with van der Waals surface area (Å²) in [6.07, 6.45) is 1.86. The zero-order chi connectivity index (χ0) is 9.26. The standard InChI is InChI=1S/C9H9N3S/c1-11-7-9(13)12(10-11)8-5-3-2-4-6-8/h2-7H,1H3/p+1. The summed E-state index contributed by atoms with van der Waals surface area (Å²) in [6.45, 7) is 0. The topological polar surface area (TPSA) is 24.6 Å². The average molecular weight is 192 g/mol. The third kappa shape index (κ3) is 1.53. The van der Waals surface area contributed by atoms with Crippen molar-refractivity contribution in [2.75, 3.05) is 0 Å². The highest BCUT2D eigenvalue weighted by atomic mass is 32.1. The molecule has 2 rings (SSSR count). The predicted molar refractivity (Wildman–Crippen MR) is 52.1 cm³/mol. The van der Waals surface area contributed by atoms with E-state index in [1.165, 1.54) is 0 Å². The van der Waals surface area contributed by atoms with Crippen LogP contribution in [0.4, 0.5) is 0 Å². The Kier molecular flexibility index (Phi) is 1.98. The Morgan fingerprint density at radius 2 is 2.00 bits per heavy atom. The normalized spacial score (nSPS) is 10.2. The van der Waals surface area contributed by atoms with Gasteiger partial charge in [0.05, 0.1) is 0 Å². The van der Waals surface area contributed by atoms with Crippen molar-refractivity contribution in [2.45, 2.75) is 0 Å². The molecule has 1 N–H and O–H groups in total. The summed E-state index contributed by atoms with van der Waals surface area (Å²) in [7, 11) is 1.91. The lowest BCUT2D eigenvalue weighted by atomic mass is 10.3. The van der Waals surface area contributed by atoms with Crippen LogP contribution in [0.25, 0.3) is 5.69 Å². The van der Waals surface area contributed by atoms with E-state index in [2.05, 4.69) is 5.21 Å². The van der Waals surface area contributed by atoms with E-state index in [1.54, 1.807) is 0 Å². The summed E-state index contributed by atoms with van der Waals surface area (Å²) < 4.78 is 4.46. The molecule has 0 radical (unpaired) electrons. The highest BCUT2D eigenvalue weighted by molar-refractivity contribution is 7.71. The summed E-state index contributed by atoms with van der Waals surface area (Å²) in [6, 6.07) is 9.96. The number of aromatic nitrogens is 3. The first-order chi connectivity index (χ1) is 6.27. The van der Waals surface area contributed by atoms with Crippen molar-refractivity contribution in [3.63, 3.8) is 0 Å². The van der Waals surface area contributed by atoms with Crippen molar-refractivity contribution in [1.82, 2.24) is 9.90 Å². The fraction of sp³-hybridized carbons (Fsp3) is 0.111. The van der Waals surface area contributed by atoms with Gasteiger partial charge in [-0.05, 0) is 24.4 Å². The van der Waals surface area contributed by atoms with E-state index in [9.17, 15) is 0 Å². The summed E-state index contributed by atoms with van der Waals surface area (Å²) in [5, 5.41) is 3.09. The number of aryl methyl sites for hydroxylation is 1. The van der Waals surface area contributed by atoms with Crippen LogP contribution in [0.5, 0.6) is 0 Å². The van der Waals surface area contributed by atoms with Crippen LogP contribution >= 0.6 is 12.2 Å². The molecule has 0 bridgehead atoms. The van der Waals surface area contributed by atoms with E-state index >= 15 is 0 Å². The molecule has 3 nitrogen and oxygen atoms in total. The molecule has 0 spiro atoms. The minimum absolute atomic E-state index is 0.772. The smallest absolute Gasteiger partial charge is 0.168 e. The van der Waals surface area contributed by atoms with Crippen molar-refractivity contribution in [1.29, 1.82) is 0 Å². The quantitative estimate of drug-likeness (QED) is 0.535. The first-order valence-electron chi connectivity index (χ1n) is 4.00. The van der Waals surface area contributed by atoms with Crippen molar-refractivity contribution in [3.8, 4) is 5.69 Å². The fourth-order valence-corrected chi connectivity index (χ4v) is 1.53. The van der Waals surface area contributed by atoms with Gasteiger partial charge in [0.1, 0.15) is 7.05 Å². The van der Waals surface area contributed by atoms with Crippen molar-refractivity contribution >= 4 is 12.2 Å². The molecule has 1 aromatic heterocycles. The number of rotatable bonds is 1. The molecular formula is C9H10N3S+. The second kappa shape index (κ2) is 3.14. The number of para-hydroxylation sites is 1. The summed E-state index contributed by atoms with van der Waals surface area (Å²) in [4.78, 5) is 0. The molecule has 0 fully saturated rings. The summed E-state index contributed by atoms with van der Waals surface area (Å²) >= 11 is 5.17. The van der Waals surface area contributed by atoms with Gasteiger partial charge >= 0.3 is 0 Å². The number of nitrogens with zero attached hydrogens (tertiary/aromatic N) is 2. The Labute approximate surface area is 81.2 Å². The van der Waals surface area contributed by atoms with Gasteiger partial charge in [0, 0.05) is 0 Å². The molecule has 1 heterocycles. The van der Waals surface area contributed by atoms with Crippen LogP contribution in [-0.2, 0) is 7.05 Å². The molecular weight excluding hydrogens is 182 g/mol. The molecule has 13 heavy (non-hydrogen) atoms. The van der Waals surface area contributed by atoms with E-state index in [1.807, 2.05) is 52.9 Å². The third-order valence-corrected chi connectivity index (χ3v) is 2.08. The van der Waals surface area contributed by atoms with Gasteiger partial charge in [-0.25, -0.2) is 0 Å². The number of hydrogen-bond donors (Lipinski definition) is 1. The van der Waals surface area contributed by atoms with E-state index < -0.39 is 0 Å². The third-order valence-electron chi connectivity index (χ3n) is 1.80. The van der Waals surface area contributed by atoms with E-state index in [0.29, 0.717) is 0 Å². The van der Waals surface area contributed by atoms with E-state index in [0.717, 1.165) is 10.3 Å². The molecule has 0 aliphatic rings. The number of hydrogen-bond acceptors (Lipinski definition) is 1. The maximum absolute atomic E-state index is 5.17. The Morgan fingerprint density at radius 1 is 1.31 bits per heavy atom. The van der Waals surface area contributed by atoms with E-state index in [4.69, 9.17) is 12.2 Å². The maximum atomic E-state index is 5.17. The molecule has 4 heteroatoms. The Bertz CT molecular complexity index is 455. The first-order valence-corrected chi connectivity index (χ1v) is 4.41. The largest absolute Gasteiger partial charge is 0.258 e. The second-order valence-corrected chi connectivity index (χ2v) is 3.27. The highest BCUT2D eigenvalue weighted by Gasteiger charge is 2.05. The van der Waals surface area contributed by atoms with Gasteiger partial charge in [-0.15, -0.1) is 4.68 Å². The molecule has 0 atom stereocenters. The van der Waals surface area contributed by atoms with Crippen LogP contribution in [-0.4, -0.2) is 9.90 Å². The van der Waals surface area contributed by atoms with Gasteiger partial charge in [0.15, 0.2) is 11.9 Å². The van der Waals surface area contributed by atoms with E-state index in [-0.39, 0.29) is 0 Å². The van der Waals surface area contributed by atoms with Gasteiger partial charge in [-0.3, -0.25) is 0 Å². The average Bonchev–Trinajstić information content (AvgIpc) is 2.47. The summed E-state index contributed by atoms with van der Waals surface area (Å²) in [5.74, 6) is 0. The molecule has 0 aliphatic heterocycles. The van der Waals surface area contributed by atoms with Crippen LogP contribution in [0.1, 0.15) is 0 Å². The molecule has 0 amide bonds. The minimum atomic E-state index is 0.772. The van der Waals surface area contributed by atoms with Gasteiger partial charge < -0.3 is 0 Å². The zero-order valence-corrected chi connectivity index (χ0v) is 8.08. The lowest BCUT2D eigenvalue weighted by Gasteiger charge is -1.92. The van der Waals surface area contributed by atoms with Crippen LogP contribution in [0.3, 0.4) is 0 Å². The van der Waals surface area contributed by atoms with Crippen molar-refractivity contribution in [3.05, 3.63) is 41.2 Å². The Hall–Kier alpha value is -1.42. The predicted octanol–water partition coefficient (Wildman–Crippen LogP) is 1.36. The van der Waals surface area contributed by atoms with Gasteiger partial charge in [-0.1, -0.05) is 23.4 Å². The molecule has 66 valence electrons. The first kappa shape index (κ1) is 8.19. The lowest BCUT2D eigenvalue weighted by molar-refractivity contribution is -0.731.